The van der Waals surface area contributed by atoms with E-state index in [4.69, 9.17) is 4.74 Å². The number of rotatable bonds is 3. The zero-order valence-electron chi connectivity index (χ0n) is 17.6. The third kappa shape index (κ3) is 3.80. The van der Waals surface area contributed by atoms with E-state index in [0.717, 1.165) is 22.4 Å². The molecule has 32 heavy (non-hydrogen) atoms. The highest BCUT2D eigenvalue weighted by atomic mass is 16.6. The molecule has 3 aromatic carbocycles. The molecule has 162 valence electrons. The second-order valence-corrected chi connectivity index (χ2v) is 8.20. The van der Waals surface area contributed by atoms with Crippen LogP contribution in [-0.4, -0.2) is 41.1 Å². The molecule has 2 heterocycles. The number of cyclic esters (lactones) is 1. The maximum absolute atomic E-state index is 13.0. The van der Waals surface area contributed by atoms with Crippen molar-refractivity contribution >= 4 is 17.7 Å². The molecule has 0 saturated carbocycles. The van der Waals surface area contributed by atoms with Gasteiger partial charge in [-0.2, -0.15) is 0 Å². The van der Waals surface area contributed by atoms with Crippen molar-refractivity contribution in [1.29, 1.82) is 0 Å². The van der Waals surface area contributed by atoms with Crippen molar-refractivity contribution in [2.24, 2.45) is 0 Å². The van der Waals surface area contributed by atoms with Crippen molar-refractivity contribution in [3.05, 3.63) is 83.9 Å². The number of hydrogen-bond donors (Lipinski definition) is 1. The van der Waals surface area contributed by atoms with E-state index in [0.29, 0.717) is 38.1 Å². The number of phenols is 1. The summed E-state index contributed by atoms with van der Waals surface area (Å²) in [5.41, 5.74) is 4.55. The van der Waals surface area contributed by atoms with Gasteiger partial charge in [0.15, 0.2) is 0 Å². The molecule has 1 saturated heterocycles. The van der Waals surface area contributed by atoms with Crippen LogP contribution in [0, 0.1) is 0 Å². The summed E-state index contributed by atoms with van der Waals surface area (Å²) in [6.07, 6.45) is 1.11. The second kappa shape index (κ2) is 8.38. The van der Waals surface area contributed by atoms with E-state index >= 15 is 0 Å². The van der Waals surface area contributed by atoms with Crippen LogP contribution < -0.4 is 4.90 Å². The largest absolute Gasteiger partial charge is 0.508 e. The number of phenolic OH excluding ortho intramolecular Hbond substituents is 1. The molecule has 0 aliphatic carbocycles. The van der Waals surface area contributed by atoms with Gasteiger partial charge in [-0.1, -0.05) is 42.5 Å². The first-order valence-corrected chi connectivity index (χ1v) is 10.8. The Bertz CT molecular complexity index is 1130. The molecule has 2 amide bonds. The third-order valence-corrected chi connectivity index (χ3v) is 6.25. The molecule has 0 unspecified atom stereocenters. The molecule has 0 bridgehead atoms. The molecule has 3 aromatic rings. The van der Waals surface area contributed by atoms with E-state index in [9.17, 15) is 14.7 Å². The van der Waals surface area contributed by atoms with Crippen molar-refractivity contribution in [1.82, 2.24) is 4.90 Å². The number of para-hydroxylation sites is 1. The predicted octanol–water partition coefficient (Wildman–Crippen LogP) is 4.82. The van der Waals surface area contributed by atoms with Crippen LogP contribution in [0.15, 0.2) is 72.8 Å². The van der Waals surface area contributed by atoms with Gasteiger partial charge in [0.1, 0.15) is 12.4 Å². The Morgan fingerprint density at radius 1 is 0.875 bits per heavy atom. The summed E-state index contributed by atoms with van der Waals surface area (Å²) in [6, 6.07) is 22.4. The summed E-state index contributed by atoms with van der Waals surface area (Å²) in [6.45, 7) is 1.49. The van der Waals surface area contributed by atoms with Gasteiger partial charge in [0.05, 0.1) is 5.69 Å². The monoisotopic (exact) mass is 428 g/mol. The van der Waals surface area contributed by atoms with Gasteiger partial charge in [0, 0.05) is 30.3 Å². The highest BCUT2D eigenvalue weighted by Crippen LogP contribution is 2.32. The van der Waals surface area contributed by atoms with E-state index in [1.165, 1.54) is 0 Å². The Morgan fingerprint density at radius 3 is 2.19 bits per heavy atom. The average molecular weight is 428 g/mol. The minimum absolute atomic E-state index is 0.00215. The lowest BCUT2D eigenvalue weighted by atomic mass is 9.99. The molecule has 0 spiro atoms. The van der Waals surface area contributed by atoms with Crippen LogP contribution in [0.5, 0.6) is 5.75 Å². The normalized spacial score (nSPS) is 16.4. The SMILES string of the molecule is O=C(c1ccc(-c2ccc(O)cc2)cc1)N1CCC(N2C(=O)OCc3ccccc32)CC1. The van der Waals surface area contributed by atoms with Crippen LogP contribution in [0.4, 0.5) is 10.5 Å². The zero-order chi connectivity index (χ0) is 22.1. The van der Waals surface area contributed by atoms with Gasteiger partial charge in [-0.3, -0.25) is 9.69 Å². The topological polar surface area (TPSA) is 70.1 Å². The summed E-state index contributed by atoms with van der Waals surface area (Å²) < 4.78 is 5.36. The molecular formula is C26H24N2O4. The van der Waals surface area contributed by atoms with Crippen molar-refractivity contribution in [2.45, 2.75) is 25.5 Å². The fraction of sp³-hybridized carbons (Fsp3) is 0.231. The van der Waals surface area contributed by atoms with Gasteiger partial charge in [-0.15, -0.1) is 0 Å². The number of anilines is 1. The lowest BCUT2D eigenvalue weighted by Crippen LogP contribution is -2.50. The number of likely N-dealkylation sites (tertiary alicyclic amines) is 1. The van der Waals surface area contributed by atoms with E-state index in [1.54, 1.807) is 17.0 Å². The van der Waals surface area contributed by atoms with Crippen molar-refractivity contribution < 1.29 is 19.4 Å². The maximum atomic E-state index is 13.0. The van der Waals surface area contributed by atoms with Gasteiger partial charge >= 0.3 is 6.09 Å². The summed E-state index contributed by atoms with van der Waals surface area (Å²) in [7, 11) is 0. The maximum Gasteiger partial charge on any atom is 0.414 e. The number of fused-ring (bicyclic) bond motifs is 1. The summed E-state index contributed by atoms with van der Waals surface area (Å²) in [4.78, 5) is 29.1. The fourth-order valence-electron chi connectivity index (χ4n) is 4.49. The number of piperidine rings is 1. The Morgan fingerprint density at radius 2 is 1.50 bits per heavy atom. The van der Waals surface area contributed by atoms with Crippen LogP contribution >= 0.6 is 0 Å². The number of carbonyl (C=O) groups is 2. The standard InChI is InChI=1S/C26H24N2O4/c29-23-11-9-19(10-12-23)18-5-7-20(8-6-18)25(30)27-15-13-22(14-16-27)28-24-4-2-1-3-21(24)17-32-26(28)31/h1-12,22,29H,13-17H2. The highest BCUT2D eigenvalue weighted by Gasteiger charge is 2.35. The average Bonchev–Trinajstić information content (AvgIpc) is 2.84. The minimum atomic E-state index is -0.307. The first-order valence-electron chi connectivity index (χ1n) is 10.8. The Kier molecular flexibility index (Phi) is 5.27. The Labute approximate surface area is 186 Å². The van der Waals surface area contributed by atoms with Crippen LogP contribution in [0.3, 0.4) is 0 Å². The van der Waals surface area contributed by atoms with E-state index in [1.807, 2.05) is 65.6 Å². The van der Waals surface area contributed by atoms with Crippen LogP contribution in [0.25, 0.3) is 11.1 Å². The van der Waals surface area contributed by atoms with Gasteiger partial charge in [-0.05, 0) is 54.3 Å². The molecule has 6 nitrogen and oxygen atoms in total. The van der Waals surface area contributed by atoms with Crippen molar-refractivity contribution in [3.63, 3.8) is 0 Å². The molecule has 2 aliphatic rings. The van der Waals surface area contributed by atoms with Gasteiger partial charge in [0.25, 0.3) is 5.91 Å². The minimum Gasteiger partial charge on any atom is -0.508 e. The fourth-order valence-corrected chi connectivity index (χ4v) is 4.49. The molecule has 6 heteroatoms. The molecular weight excluding hydrogens is 404 g/mol. The molecule has 1 fully saturated rings. The van der Waals surface area contributed by atoms with E-state index in [-0.39, 0.29) is 23.8 Å². The van der Waals surface area contributed by atoms with Gasteiger partial charge in [0.2, 0.25) is 0 Å². The number of benzene rings is 3. The highest BCUT2D eigenvalue weighted by molar-refractivity contribution is 5.95. The second-order valence-electron chi connectivity index (χ2n) is 8.20. The molecule has 0 atom stereocenters. The first kappa shape index (κ1) is 20.1. The Hall–Kier alpha value is -3.80. The smallest absolute Gasteiger partial charge is 0.414 e. The third-order valence-electron chi connectivity index (χ3n) is 6.25. The summed E-state index contributed by atoms with van der Waals surface area (Å²) in [5.74, 6) is 0.229. The molecule has 0 radical (unpaired) electrons. The van der Waals surface area contributed by atoms with Gasteiger partial charge in [-0.25, -0.2) is 4.79 Å². The van der Waals surface area contributed by atoms with Gasteiger partial charge < -0.3 is 14.7 Å². The van der Waals surface area contributed by atoms with Crippen LogP contribution in [0.1, 0.15) is 28.8 Å². The molecule has 5 rings (SSSR count). The van der Waals surface area contributed by atoms with E-state index < -0.39 is 0 Å². The lowest BCUT2D eigenvalue weighted by molar-refractivity contribution is 0.0708. The molecule has 2 aliphatic heterocycles. The summed E-state index contributed by atoms with van der Waals surface area (Å²) in [5, 5.41) is 9.45. The van der Waals surface area contributed by atoms with E-state index in [2.05, 4.69) is 0 Å². The van der Waals surface area contributed by atoms with Crippen molar-refractivity contribution in [2.75, 3.05) is 18.0 Å². The predicted molar refractivity (Wildman–Crippen MR) is 122 cm³/mol. The lowest BCUT2D eigenvalue weighted by Gasteiger charge is -2.40. The van der Waals surface area contributed by atoms with Crippen molar-refractivity contribution in [3.8, 4) is 16.9 Å². The first-order chi connectivity index (χ1) is 15.6. The quantitative estimate of drug-likeness (QED) is 0.649. The zero-order valence-corrected chi connectivity index (χ0v) is 17.6. The molecule has 0 aromatic heterocycles. The number of hydrogen-bond acceptors (Lipinski definition) is 4. The number of aromatic hydroxyl groups is 1. The summed E-state index contributed by atoms with van der Waals surface area (Å²) >= 11 is 0. The number of nitrogens with zero attached hydrogens (tertiary/aromatic N) is 2. The number of ether oxygens (including phenoxy) is 1. The Balaban J connectivity index is 1.25. The number of amides is 2. The van der Waals surface area contributed by atoms with Crippen LogP contribution in [0.2, 0.25) is 0 Å². The molecule has 1 N–H and O–H groups in total. The number of carbonyl (C=O) groups excluding carboxylic acids is 2. The van der Waals surface area contributed by atoms with Crippen LogP contribution in [-0.2, 0) is 11.3 Å².